The SMILES string of the molecule is CC(=O)OC[C@H]1O[C@@H](OC(=O)C(Cl)(Cl)Cl)[C@H](C)[C@@H](OC(C)=O)[C@@H]1OC(C)=O. The third-order valence-electron chi connectivity index (χ3n) is 3.46. The Labute approximate surface area is 170 Å². The van der Waals surface area contributed by atoms with Crippen LogP contribution in [0.25, 0.3) is 0 Å². The van der Waals surface area contributed by atoms with Crippen molar-refractivity contribution in [1.29, 1.82) is 0 Å². The van der Waals surface area contributed by atoms with Crippen molar-refractivity contribution < 1.29 is 42.9 Å². The van der Waals surface area contributed by atoms with Crippen molar-refractivity contribution in [3.05, 3.63) is 0 Å². The maximum absolute atomic E-state index is 11.9. The molecule has 1 aliphatic heterocycles. The fourth-order valence-corrected chi connectivity index (χ4v) is 2.51. The molecule has 0 radical (unpaired) electrons. The smallest absolute Gasteiger partial charge is 0.360 e. The van der Waals surface area contributed by atoms with Gasteiger partial charge in [0.1, 0.15) is 18.8 Å². The van der Waals surface area contributed by atoms with Crippen molar-refractivity contribution in [2.45, 2.75) is 56.1 Å². The second-order valence-corrected chi connectivity index (χ2v) is 8.04. The number of hydrogen-bond donors (Lipinski definition) is 0. The molecule has 0 saturated carbocycles. The van der Waals surface area contributed by atoms with Crippen LogP contribution in [0.2, 0.25) is 0 Å². The third kappa shape index (κ3) is 7.33. The summed E-state index contributed by atoms with van der Waals surface area (Å²) in [7, 11) is 0. The van der Waals surface area contributed by atoms with Crippen molar-refractivity contribution in [2.75, 3.05) is 6.61 Å². The van der Waals surface area contributed by atoms with Crippen LogP contribution < -0.4 is 0 Å². The molecular weight excluding hydrogens is 431 g/mol. The fourth-order valence-electron chi connectivity index (χ4n) is 2.38. The molecule has 1 aliphatic rings. The number of hydrogen-bond acceptors (Lipinski definition) is 9. The minimum absolute atomic E-state index is 0.362. The number of esters is 4. The molecule has 1 heterocycles. The Balaban J connectivity index is 3.14. The molecular formula is C15H19Cl3O9. The maximum Gasteiger partial charge on any atom is 0.360 e. The average molecular weight is 450 g/mol. The Kier molecular flexibility index (Phi) is 8.59. The molecule has 0 spiro atoms. The average Bonchev–Trinajstić information content (AvgIpc) is 2.50. The molecule has 0 aromatic carbocycles. The van der Waals surface area contributed by atoms with Crippen LogP contribution in [0.15, 0.2) is 0 Å². The van der Waals surface area contributed by atoms with Crippen molar-refractivity contribution in [3.8, 4) is 0 Å². The predicted molar refractivity (Wildman–Crippen MR) is 91.9 cm³/mol. The fraction of sp³-hybridized carbons (Fsp3) is 0.733. The summed E-state index contributed by atoms with van der Waals surface area (Å²) in [4.78, 5) is 45.9. The number of carbonyl (C=O) groups is 4. The lowest BCUT2D eigenvalue weighted by molar-refractivity contribution is -0.281. The largest absolute Gasteiger partial charge is 0.463 e. The van der Waals surface area contributed by atoms with Crippen LogP contribution in [-0.2, 0) is 42.9 Å². The summed E-state index contributed by atoms with van der Waals surface area (Å²) >= 11 is 16.5. The van der Waals surface area contributed by atoms with E-state index in [9.17, 15) is 19.2 Å². The molecule has 154 valence electrons. The van der Waals surface area contributed by atoms with Crippen LogP contribution >= 0.6 is 34.8 Å². The predicted octanol–water partition coefficient (Wildman–Crippen LogP) is 1.69. The van der Waals surface area contributed by atoms with Gasteiger partial charge in [0.15, 0.2) is 6.10 Å². The highest BCUT2D eigenvalue weighted by Gasteiger charge is 2.51. The molecule has 27 heavy (non-hydrogen) atoms. The molecule has 5 atom stereocenters. The van der Waals surface area contributed by atoms with Crippen LogP contribution in [0.1, 0.15) is 27.7 Å². The van der Waals surface area contributed by atoms with Gasteiger partial charge >= 0.3 is 23.9 Å². The molecule has 9 nitrogen and oxygen atoms in total. The molecule has 1 fully saturated rings. The van der Waals surface area contributed by atoms with E-state index in [2.05, 4.69) is 0 Å². The van der Waals surface area contributed by atoms with Crippen LogP contribution in [0, 0.1) is 5.92 Å². The summed E-state index contributed by atoms with van der Waals surface area (Å²) in [5, 5.41) is 0. The van der Waals surface area contributed by atoms with Gasteiger partial charge in [0.05, 0.1) is 5.92 Å². The molecule has 0 amide bonds. The lowest BCUT2D eigenvalue weighted by atomic mass is 9.92. The summed E-state index contributed by atoms with van der Waals surface area (Å²) in [6.07, 6.45) is -4.63. The van der Waals surface area contributed by atoms with Gasteiger partial charge in [-0.25, -0.2) is 4.79 Å². The number of halogens is 3. The van der Waals surface area contributed by atoms with Gasteiger partial charge < -0.3 is 23.7 Å². The second-order valence-electron chi connectivity index (χ2n) is 5.76. The zero-order chi connectivity index (χ0) is 20.9. The van der Waals surface area contributed by atoms with Gasteiger partial charge in [0.2, 0.25) is 6.29 Å². The van der Waals surface area contributed by atoms with Gasteiger partial charge in [-0.15, -0.1) is 0 Å². The Morgan fingerprint density at radius 3 is 1.85 bits per heavy atom. The summed E-state index contributed by atoms with van der Waals surface area (Å²) in [5.74, 6) is -4.01. The van der Waals surface area contributed by atoms with E-state index in [-0.39, 0.29) is 6.61 Å². The molecule has 0 aliphatic carbocycles. The third-order valence-corrected chi connectivity index (χ3v) is 3.92. The minimum Gasteiger partial charge on any atom is -0.463 e. The van der Waals surface area contributed by atoms with Gasteiger partial charge in [-0.3, -0.25) is 14.4 Å². The minimum atomic E-state index is -2.36. The molecule has 1 saturated heterocycles. The normalized spacial score (nSPS) is 28.0. The van der Waals surface area contributed by atoms with E-state index >= 15 is 0 Å². The lowest BCUT2D eigenvalue weighted by Crippen LogP contribution is -2.59. The van der Waals surface area contributed by atoms with Gasteiger partial charge in [-0.1, -0.05) is 41.7 Å². The van der Waals surface area contributed by atoms with Crippen molar-refractivity contribution in [3.63, 3.8) is 0 Å². The molecule has 0 bridgehead atoms. The monoisotopic (exact) mass is 448 g/mol. The van der Waals surface area contributed by atoms with Crippen LogP contribution in [-0.4, -0.2) is 58.9 Å². The zero-order valence-corrected chi connectivity index (χ0v) is 17.2. The second kappa shape index (κ2) is 9.77. The molecule has 0 unspecified atom stereocenters. The highest BCUT2D eigenvalue weighted by atomic mass is 35.6. The first-order valence-corrected chi connectivity index (χ1v) is 8.87. The van der Waals surface area contributed by atoms with E-state index in [0.29, 0.717) is 0 Å². The molecule has 0 aromatic heterocycles. The van der Waals surface area contributed by atoms with Crippen molar-refractivity contribution in [1.82, 2.24) is 0 Å². The van der Waals surface area contributed by atoms with Gasteiger partial charge in [-0.2, -0.15) is 0 Å². The van der Waals surface area contributed by atoms with Crippen LogP contribution in [0.4, 0.5) is 0 Å². The quantitative estimate of drug-likeness (QED) is 0.351. The molecule has 12 heteroatoms. The van der Waals surface area contributed by atoms with Crippen LogP contribution in [0.3, 0.4) is 0 Å². The standard InChI is InChI=1S/C15H19Cl3O9/c1-6-11(24-8(3)20)12(25-9(4)21)10(5-23-7(2)19)26-13(6)27-14(22)15(16,17)18/h6,10-13H,5H2,1-4H3/t6-,10-,11-,12-,13+/m1/s1. The number of rotatable bonds is 5. The summed E-state index contributed by atoms with van der Waals surface area (Å²) < 4.78 is 23.6. The summed E-state index contributed by atoms with van der Waals surface area (Å²) in [6, 6.07) is 0. The Morgan fingerprint density at radius 1 is 0.889 bits per heavy atom. The number of carbonyl (C=O) groups excluding carboxylic acids is 4. The van der Waals surface area contributed by atoms with Gasteiger partial charge in [-0.05, 0) is 0 Å². The van der Waals surface area contributed by atoms with Crippen molar-refractivity contribution in [2.24, 2.45) is 5.92 Å². The van der Waals surface area contributed by atoms with Crippen molar-refractivity contribution >= 4 is 58.7 Å². The van der Waals surface area contributed by atoms with Gasteiger partial charge in [0.25, 0.3) is 3.79 Å². The van der Waals surface area contributed by atoms with E-state index in [0.717, 1.165) is 20.8 Å². The maximum atomic E-state index is 11.9. The number of alkyl halides is 3. The zero-order valence-electron chi connectivity index (χ0n) is 14.9. The Morgan fingerprint density at radius 2 is 1.41 bits per heavy atom. The molecule has 0 N–H and O–H groups in total. The summed E-state index contributed by atoms with van der Waals surface area (Å²) in [6.45, 7) is 4.61. The van der Waals surface area contributed by atoms with E-state index in [1.165, 1.54) is 6.92 Å². The highest BCUT2D eigenvalue weighted by Crippen LogP contribution is 2.34. The van der Waals surface area contributed by atoms with E-state index in [4.69, 9.17) is 58.5 Å². The lowest BCUT2D eigenvalue weighted by Gasteiger charge is -2.43. The topological polar surface area (TPSA) is 114 Å². The first-order valence-electron chi connectivity index (χ1n) is 7.74. The Bertz CT molecular complexity index is 590. The number of ether oxygens (including phenoxy) is 5. The molecule has 0 aromatic rings. The van der Waals surface area contributed by atoms with Gasteiger partial charge in [0, 0.05) is 20.8 Å². The molecule has 1 rings (SSSR count). The van der Waals surface area contributed by atoms with E-state index < -0.39 is 58.2 Å². The Hall–Kier alpha value is -1.29. The first-order chi connectivity index (χ1) is 12.3. The highest BCUT2D eigenvalue weighted by molar-refractivity contribution is 6.75. The van der Waals surface area contributed by atoms with E-state index in [1.807, 2.05) is 0 Å². The van der Waals surface area contributed by atoms with E-state index in [1.54, 1.807) is 0 Å². The first kappa shape index (κ1) is 23.7. The summed E-state index contributed by atoms with van der Waals surface area (Å²) in [5.41, 5.74) is 0. The van der Waals surface area contributed by atoms with Crippen LogP contribution in [0.5, 0.6) is 0 Å².